The highest BCUT2D eigenvalue weighted by atomic mass is 35.5. The number of para-hydroxylation sites is 1. The molecule has 0 spiro atoms. The third kappa shape index (κ3) is 3.60. The van der Waals surface area contributed by atoms with Crippen molar-refractivity contribution in [1.82, 2.24) is 9.88 Å². The van der Waals surface area contributed by atoms with Crippen LogP contribution in [-0.4, -0.2) is 35.3 Å². The minimum absolute atomic E-state index is 0.188. The Morgan fingerprint density at radius 3 is 2.79 bits per heavy atom. The standard InChI is InChI=1S/C20H17Cl2N3O2S/c1-24(11-18-23-16-4-2-3-5-17(16)28-18)19(26)13-8-9-25(20(13)27)12-6-7-14(21)15(22)10-12/h2-7,10,13H,8-9,11H2,1H3. The van der Waals surface area contributed by atoms with Crippen LogP contribution < -0.4 is 4.90 Å². The monoisotopic (exact) mass is 433 g/mol. The van der Waals surface area contributed by atoms with E-state index in [2.05, 4.69) is 4.98 Å². The van der Waals surface area contributed by atoms with Crippen molar-refractivity contribution in [1.29, 1.82) is 0 Å². The van der Waals surface area contributed by atoms with E-state index in [0.717, 1.165) is 15.2 Å². The van der Waals surface area contributed by atoms with Crippen LogP contribution in [0.2, 0.25) is 10.0 Å². The van der Waals surface area contributed by atoms with Gasteiger partial charge in [-0.1, -0.05) is 35.3 Å². The van der Waals surface area contributed by atoms with E-state index in [0.29, 0.717) is 35.2 Å². The molecule has 4 rings (SSSR count). The summed E-state index contributed by atoms with van der Waals surface area (Å²) in [5.74, 6) is -1.08. The smallest absolute Gasteiger partial charge is 0.239 e. The lowest BCUT2D eigenvalue weighted by Gasteiger charge is -2.20. The lowest BCUT2D eigenvalue weighted by atomic mass is 10.1. The Labute approximate surface area is 176 Å². The van der Waals surface area contributed by atoms with E-state index >= 15 is 0 Å². The van der Waals surface area contributed by atoms with Gasteiger partial charge in [0.2, 0.25) is 11.8 Å². The van der Waals surface area contributed by atoms with Gasteiger partial charge < -0.3 is 9.80 Å². The van der Waals surface area contributed by atoms with Gasteiger partial charge in [0.05, 0.1) is 26.8 Å². The Bertz CT molecular complexity index is 1040. The lowest BCUT2D eigenvalue weighted by Crippen LogP contribution is -2.37. The fourth-order valence-corrected chi connectivity index (χ4v) is 4.67. The van der Waals surface area contributed by atoms with Gasteiger partial charge in [-0.15, -0.1) is 11.3 Å². The molecule has 0 aliphatic carbocycles. The topological polar surface area (TPSA) is 53.5 Å². The first-order chi connectivity index (χ1) is 13.4. The van der Waals surface area contributed by atoms with E-state index in [9.17, 15) is 9.59 Å². The Hall–Kier alpha value is -2.15. The van der Waals surface area contributed by atoms with E-state index in [1.54, 1.807) is 46.4 Å². The van der Waals surface area contributed by atoms with Crippen molar-refractivity contribution in [2.24, 2.45) is 5.92 Å². The zero-order chi connectivity index (χ0) is 19.8. The molecule has 0 N–H and O–H groups in total. The average Bonchev–Trinajstić information content (AvgIpc) is 3.26. The molecular formula is C20H17Cl2N3O2S. The maximum Gasteiger partial charge on any atom is 0.239 e. The number of carbonyl (C=O) groups is 2. The number of rotatable bonds is 4. The molecule has 8 heteroatoms. The predicted octanol–water partition coefficient (Wildman–Crippen LogP) is 4.61. The van der Waals surface area contributed by atoms with E-state index in [4.69, 9.17) is 23.2 Å². The first-order valence-corrected chi connectivity index (χ1v) is 10.4. The molecule has 0 saturated carbocycles. The first kappa shape index (κ1) is 19.2. The van der Waals surface area contributed by atoms with Crippen LogP contribution in [-0.2, 0) is 16.1 Å². The number of hydrogen-bond acceptors (Lipinski definition) is 4. The summed E-state index contributed by atoms with van der Waals surface area (Å²) in [7, 11) is 1.71. The van der Waals surface area contributed by atoms with Crippen LogP contribution in [0.1, 0.15) is 11.4 Å². The summed E-state index contributed by atoms with van der Waals surface area (Å²) in [6, 6.07) is 12.9. The molecule has 144 valence electrons. The van der Waals surface area contributed by atoms with Crippen molar-refractivity contribution in [2.45, 2.75) is 13.0 Å². The number of aromatic nitrogens is 1. The number of carbonyl (C=O) groups excluding carboxylic acids is 2. The molecular weight excluding hydrogens is 417 g/mol. The molecule has 1 fully saturated rings. The summed E-state index contributed by atoms with van der Waals surface area (Å²) < 4.78 is 1.08. The second kappa shape index (κ2) is 7.70. The van der Waals surface area contributed by atoms with Gasteiger partial charge in [-0.25, -0.2) is 4.98 Å². The van der Waals surface area contributed by atoms with Crippen LogP contribution in [0.5, 0.6) is 0 Å². The highest BCUT2D eigenvalue weighted by Gasteiger charge is 2.39. The van der Waals surface area contributed by atoms with Gasteiger partial charge in [-0.3, -0.25) is 9.59 Å². The second-order valence-corrected chi connectivity index (χ2v) is 8.63. The quantitative estimate of drug-likeness (QED) is 0.564. The van der Waals surface area contributed by atoms with Crippen molar-refractivity contribution in [2.75, 3.05) is 18.5 Å². The first-order valence-electron chi connectivity index (χ1n) is 8.80. The van der Waals surface area contributed by atoms with Gasteiger partial charge >= 0.3 is 0 Å². The van der Waals surface area contributed by atoms with Crippen molar-refractivity contribution >= 4 is 62.3 Å². The number of thiazole rings is 1. The highest BCUT2D eigenvalue weighted by Crippen LogP contribution is 2.32. The zero-order valence-corrected chi connectivity index (χ0v) is 17.4. The molecule has 1 aliphatic heterocycles. The average molecular weight is 434 g/mol. The molecule has 2 heterocycles. The summed E-state index contributed by atoms with van der Waals surface area (Å²) in [5.41, 5.74) is 1.58. The third-order valence-corrected chi connectivity index (χ3v) is 6.57. The Balaban J connectivity index is 1.46. The van der Waals surface area contributed by atoms with E-state index in [1.807, 2.05) is 24.3 Å². The van der Waals surface area contributed by atoms with Gasteiger partial charge in [-0.05, 0) is 36.8 Å². The number of amides is 2. The molecule has 0 bridgehead atoms. The fraction of sp³-hybridized carbons (Fsp3) is 0.250. The number of nitrogens with zero attached hydrogens (tertiary/aromatic N) is 3. The molecule has 2 amide bonds. The van der Waals surface area contributed by atoms with E-state index < -0.39 is 5.92 Å². The zero-order valence-electron chi connectivity index (χ0n) is 15.1. The number of fused-ring (bicyclic) bond motifs is 1. The second-order valence-electron chi connectivity index (χ2n) is 6.70. The summed E-state index contributed by atoms with van der Waals surface area (Å²) in [6.07, 6.45) is 0.474. The van der Waals surface area contributed by atoms with Crippen LogP contribution in [0.25, 0.3) is 10.2 Å². The normalized spacial score (nSPS) is 16.8. The van der Waals surface area contributed by atoms with Crippen LogP contribution in [0, 0.1) is 5.92 Å². The Kier molecular flexibility index (Phi) is 5.27. The van der Waals surface area contributed by atoms with Crippen LogP contribution >= 0.6 is 34.5 Å². The highest BCUT2D eigenvalue weighted by molar-refractivity contribution is 7.18. The predicted molar refractivity (Wildman–Crippen MR) is 113 cm³/mol. The van der Waals surface area contributed by atoms with Gasteiger partial charge in [0, 0.05) is 19.3 Å². The van der Waals surface area contributed by atoms with Crippen LogP contribution in [0.3, 0.4) is 0 Å². The molecule has 1 unspecified atom stereocenters. The SMILES string of the molecule is CN(Cc1nc2ccccc2s1)C(=O)C1CCN(c2ccc(Cl)c(Cl)c2)C1=O. The van der Waals surface area contributed by atoms with Gasteiger partial charge in [0.15, 0.2) is 0 Å². The van der Waals surface area contributed by atoms with Gasteiger partial charge in [-0.2, -0.15) is 0 Å². The maximum atomic E-state index is 12.9. The summed E-state index contributed by atoms with van der Waals surface area (Å²) >= 11 is 13.6. The lowest BCUT2D eigenvalue weighted by molar-refractivity contribution is -0.139. The fourth-order valence-electron chi connectivity index (χ4n) is 3.35. The Morgan fingerprint density at radius 1 is 1.25 bits per heavy atom. The van der Waals surface area contributed by atoms with Gasteiger partial charge in [0.25, 0.3) is 0 Å². The van der Waals surface area contributed by atoms with Crippen molar-refractivity contribution in [3.8, 4) is 0 Å². The molecule has 0 radical (unpaired) electrons. The summed E-state index contributed by atoms with van der Waals surface area (Å²) in [6.45, 7) is 0.858. The molecule has 1 atom stereocenters. The maximum absolute atomic E-state index is 12.9. The van der Waals surface area contributed by atoms with E-state index in [-0.39, 0.29) is 11.8 Å². The third-order valence-electron chi connectivity index (χ3n) is 4.81. The molecule has 1 aromatic heterocycles. The van der Waals surface area contributed by atoms with E-state index in [1.165, 1.54) is 0 Å². The van der Waals surface area contributed by atoms with Crippen LogP contribution in [0.15, 0.2) is 42.5 Å². The molecule has 28 heavy (non-hydrogen) atoms. The van der Waals surface area contributed by atoms with Crippen molar-refractivity contribution < 1.29 is 9.59 Å². The molecule has 3 aromatic rings. The largest absolute Gasteiger partial charge is 0.338 e. The molecule has 1 saturated heterocycles. The molecule has 1 aliphatic rings. The Morgan fingerprint density at radius 2 is 2.04 bits per heavy atom. The molecule has 2 aromatic carbocycles. The molecule has 5 nitrogen and oxygen atoms in total. The minimum Gasteiger partial charge on any atom is -0.338 e. The number of halogens is 2. The van der Waals surface area contributed by atoms with Crippen molar-refractivity contribution in [3.63, 3.8) is 0 Å². The number of anilines is 1. The summed E-state index contributed by atoms with van der Waals surface area (Å²) in [5, 5.41) is 1.67. The number of benzene rings is 2. The van der Waals surface area contributed by atoms with Crippen molar-refractivity contribution in [3.05, 3.63) is 57.5 Å². The number of hydrogen-bond donors (Lipinski definition) is 0. The van der Waals surface area contributed by atoms with Crippen LogP contribution in [0.4, 0.5) is 5.69 Å². The summed E-state index contributed by atoms with van der Waals surface area (Å²) in [4.78, 5) is 33.5. The minimum atomic E-state index is -0.686. The van der Waals surface area contributed by atoms with Gasteiger partial charge in [0.1, 0.15) is 10.9 Å².